The van der Waals surface area contributed by atoms with E-state index in [4.69, 9.17) is 4.74 Å². The predicted octanol–water partition coefficient (Wildman–Crippen LogP) is 1.10. The number of carbonyl (C=O) groups is 1. The topological polar surface area (TPSA) is 128 Å². The average Bonchev–Trinajstić information content (AvgIpc) is 3.03. The highest BCUT2D eigenvalue weighted by atomic mass is 16.6. The van der Waals surface area contributed by atoms with Gasteiger partial charge in [-0.05, 0) is 13.8 Å². The van der Waals surface area contributed by atoms with Crippen molar-refractivity contribution in [3.05, 3.63) is 27.7 Å². The fourth-order valence-corrected chi connectivity index (χ4v) is 1.86. The first-order valence-electron chi connectivity index (χ1n) is 6.10. The standard InChI is InChI=1S/C11H14N6O4/c1-4-16-6(2)7(5-12-16)13-10(18)8-9(17(19)20)11(21-3)15-14-8/h5H,4H2,1-3H3,(H,13,18)(H,14,15). The molecule has 0 fully saturated rings. The second kappa shape index (κ2) is 5.61. The number of hydrogen-bond acceptors (Lipinski definition) is 6. The number of nitrogens with one attached hydrogen (secondary N) is 2. The number of rotatable bonds is 5. The predicted molar refractivity (Wildman–Crippen MR) is 72.4 cm³/mol. The Hall–Kier alpha value is -2.91. The van der Waals surface area contributed by atoms with E-state index in [0.717, 1.165) is 5.69 Å². The van der Waals surface area contributed by atoms with E-state index in [-0.39, 0.29) is 11.6 Å². The number of nitro groups is 1. The lowest BCUT2D eigenvalue weighted by molar-refractivity contribution is -0.386. The summed E-state index contributed by atoms with van der Waals surface area (Å²) in [7, 11) is 1.24. The minimum Gasteiger partial charge on any atom is -0.475 e. The Balaban J connectivity index is 2.30. The van der Waals surface area contributed by atoms with E-state index in [9.17, 15) is 14.9 Å². The number of ether oxygens (including phenoxy) is 1. The maximum absolute atomic E-state index is 12.1. The first-order chi connectivity index (χ1) is 9.99. The van der Waals surface area contributed by atoms with Crippen molar-refractivity contribution in [2.24, 2.45) is 0 Å². The summed E-state index contributed by atoms with van der Waals surface area (Å²) < 4.78 is 6.44. The van der Waals surface area contributed by atoms with Gasteiger partial charge in [-0.25, -0.2) is 0 Å². The van der Waals surface area contributed by atoms with Gasteiger partial charge in [0.2, 0.25) is 5.69 Å². The van der Waals surface area contributed by atoms with Gasteiger partial charge in [0.1, 0.15) is 0 Å². The van der Waals surface area contributed by atoms with E-state index in [1.54, 1.807) is 11.6 Å². The SMILES string of the molecule is CCn1ncc(NC(=O)c2[nH]nc(OC)c2[N+](=O)[O-])c1C. The molecular formula is C11H14N6O4. The monoisotopic (exact) mass is 294 g/mol. The molecule has 2 N–H and O–H groups in total. The number of amides is 1. The van der Waals surface area contributed by atoms with E-state index >= 15 is 0 Å². The Kier molecular flexibility index (Phi) is 3.87. The molecule has 0 radical (unpaired) electrons. The summed E-state index contributed by atoms with van der Waals surface area (Å²) in [6, 6.07) is 0. The van der Waals surface area contributed by atoms with Crippen molar-refractivity contribution in [2.45, 2.75) is 20.4 Å². The number of aromatic nitrogens is 4. The van der Waals surface area contributed by atoms with Crippen LogP contribution in [0.3, 0.4) is 0 Å². The van der Waals surface area contributed by atoms with Gasteiger partial charge < -0.3 is 10.1 Å². The molecule has 0 saturated carbocycles. The van der Waals surface area contributed by atoms with E-state index in [1.807, 2.05) is 6.92 Å². The molecule has 0 unspecified atom stereocenters. The number of nitrogens with zero attached hydrogens (tertiary/aromatic N) is 4. The summed E-state index contributed by atoms with van der Waals surface area (Å²) in [5.74, 6) is -0.928. The first kappa shape index (κ1) is 14.5. The molecule has 21 heavy (non-hydrogen) atoms. The summed E-state index contributed by atoms with van der Waals surface area (Å²) in [5.41, 5.74) is 0.445. The van der Waals surface area contributed by atoms with Gasteiger partial charge >= 0.3 is 11.6 Å². The largest absolute Gasteiger partial charge is 0.475 e. The molecule has 10 heteroatoms. The minimum absolute atomic E-state index is 0.244. The van der Waals surface area contributed by atoms with Crippen LogP contribution in [0.25, 0.3) is 0 Å². The highest BCUT2D eigenvalue weighted by Crippen LogP contribution is 2.28. The van der Waals surface area contributed by atoms with Crippen LogP contribution in [0.1, 0.15) is 23.1 Å². The van der Waals surface area contributed by atoms with Gasteiger partial charge in [-0.1, -0.05) is 0 Å². The molecule has 0 saturated heterocycles. The summed E-state index contributed by atoms with van der Waals surface area (Å²) in [5, 5.41) is 23.5. The normalized spacial score (nSPS) is 10.4. The number of hydrogen-bond donors (Lipinski definition) is 2. The Labute approximate surface area is 119 Å². The lowest BCUT2D eigenvalue weighted by atomic mass is 10.3. The maximum Gasteiger partial charge on any atom is 0.362 e. The van der Waals surface area contributed by atoms with Crippen LogP contribution in [0, 0.1) is 17.0 Å². The highest BCUT2D eigenvalue weighted by Gasteiger charge is 2.30. The van der Waals surface area contributed by atoms with E-state index < -0.39 is 16.5 Å². The zero-order chi connectivity index (χ0) is 15.6. The van der Waals surface area contributed by atoms with Gasteiger partial charge in [0, 0.05) is 6.54 Å². The number of anilines is 1. The van der Waals surface area contributed by atoms with Crippen molar-refractivity contribution in [1.29, 1.82) is 0 Å². The lowest BCUT2D eigenvalue weighted by Gasteiger charge is -2.03. The Bertz CT molecular complexity index is 689. The van der Waals surface area contributed by atoms with Crippen molar-refractivity contribution in [2.75, 3.05) is 12.4 Å². The van der Waals surface area contributed by atoms with Crippen LogP contribution in [0.15, 0.2) is 6.20 Å². The first-order valence-corrected chi connectivity index (χ1v) is 6.10. The smallest absolute Gasteiger partial charge is 0.362 e. The fourth-order valence-electron chi connectivity index (χ4n) is 1.86. The summed E-state index contributed by atoms with van der Waals surface area (Å²) in [6.07, 6.45) is 1.48. The minimum atomic E-state index is -0.723. The van der Waals surface area contributed by atoms with Gasteiger partial charge in [-0.3, -0.25) is 24.7 Å². The molecule has 10 nitrogen and oxygen atoms in total. The number of aromatic amines is 1. The van der Waals surface area contributed by atoms with Crippen LogP contribution >= 0.6 is 0 Å². The number of H-pyrrole nitrogens is 1. The van der Waals surface area contributed by atoms with Crippen LogP contribution in [0.2, 0.25) is 0 Å². The van der Waals surface area contributed by atoms with E-state index in [0.29, 0.717) is 12.2 Å². The zero-order valence-corrected chi connectivity index (χ0v) is 11.7. The summed E-state index contributed by atoms with van der Waals surface area (Å²) >= 11 is 0. The second-order valence-electron chi connectivity index (χ2n) is 4.13. The fraction of sp³-hybridized carbons (Fsp3) is 0.364. The van der Waals surface area contributed by atoms with Crippen LogP contribution < -0.4 is 10.1 Å². The molecule has 0 bridgehead atoms. The van der Waals surface area contributed by atoms with E-state index in [2.05, 4.69) is 20.6 Å². The van der Waals surface area contributed by atoms with Crippen molar-refractivity contribution >= 4 is 17.3 Å². The van der Waals surface area contributed by atoms with Gasteiger partial charge in [0.25, 0.3) is 5.91 Å². The maximum atomic E-state index is 12.1. The molecule has 0 aromatic carbocycles. The molecule has 0 aliphatic carbocycles. The molecule has 0 spiro atoms. The van der Waals surface area contributed by atoms with Crippen molar-refractivity contribution in [3.8, 4) is 5.88 Å². The molecule has 0 aliphatic rings. The van der Waals surface area contributed by atoms with Gasteiger partial charge in [0.15, 0.2) is 0 Å². The molecule has 112 valence electrons. The quantitative estimate of drug-likeness (QED) is 0.627. The zero-order valence-electron chi connectivity index (χ0n) is 11.7. The lowest BCUT2D eigenvalue weighted by Crippen LogP contribution is -2.15. The second-order valence-corrected chi connectivity index (χ2v) is 4.13. The Morgan fingerprint density at radius 2 is 2.33 bits per heavy atom. The summed E-state index contributed by atoms with van der Waals surface area (Å²) in [4.78, 5) is 22.4. The molecule has 1 amide bonds. The Morgan fingerprint density at radius 3 is 2.86 bits per heavy atom. The molecular weight excluding hydrogens is 280 g/mol. The third kappa shape index (κ3) is 2.55. The highest BCUT2D eigenvalue weighted by molar-refractivity contribution is 6.06. The average molecular weight is 294 g/mol. The molecule has 2 rings (SSSR count). The van der Waals surface area contributed by atoms with E-state index in [1.165, 1.54) is 13.3 Å². The summed E-state index contributed by atoms with van der Waals surface area (Å²) in [6.45, 7) is 4.35. The third-order valence-electron chi connectivity index (χ3n) is 2.96. The third-order valence-corrected chi connectivity index (χ3v) is 2.96. The van der Waals surface area contributed by atoms with Crippen molar-refractivity contribution in [1.82, 2.24) is 20.0 Å². The molecule has 2 aromatic heterocycles. The molecule has 0 aliphatic heterocycles. The van der Waals surface area contributed by atoms with Gasteiger partial charge in [0.05, 0.1) is 29.6 Å². The van der Waals surface area contributed by atoms with Crippen LogP contribution in [0.5, 0.6) is 5.88 Å². The van der Waals surface area contributed by atoms with Gasteiger partial charge in [-0.2, -0.15) is 5.10 Å². The van der Waals surface area contributed by atoms with Crippen molar-refractivity contribution < 1.29 is 14.5 Å². The van der Waals surface area contributed by atoms with Gasteiger partial charge in [-0.15, -0.1) is 5.10 Å². The van der Waals surface area contributed by atoms with Crippen LogP contribution in [-0.2, 0) is 6.54 Å². The van der Waals surface area contributed by atoms with Crippen LogP contribution in [-0.4, -0.2) is 37.9 Å². The molecule has 2 aromatic rings. The Morgan fingerprint density at radius 1 is 1.62 bits per heavy atom. The number of aryl methyl sites for hydroxylation is 1. The molecule has 0 atom stereocenters. The van der Waals surface area contributed by atoms with Crippen LogP contribution in [0.4, 0.5) is 11.4 Å². The molecule has 2 heterocycles. The number of methoxy groups -OCH3 is 1. The number of carbonyl (C=O) groups excluding carboxylic acids is 1. The van der Waals surface area contributed by atoms with Crippen molar-refractivity contribution in [3.63, 3.8) is 0 Å².